The number of nitrogens with zero attached hydrogens (tertiary/aromatic N) is 4. The highest BCUT2D eigenvalue weighted by Gasteiger charge is 2.08. The Kier molecular flexibility index (Phi) is 3.37. The molecule has 0 saturated heterocycles. The first-order valence-electron chi connectivity index (χ1n) is 5.75. The van der Waals surface area contributed by atoms with Crippen LogP contribution in [-0.4, -0.2) is 25.8 Å². The minimum Gasteiger partial charge on any atom is -0.366 e. The smallest absolute Gasteiger partial charge is 0.173 e. The van der Waals surface area contributed by atoms with Crippen LogP contribution in [0.2, 0.25) is 0 Å². The Morgan fingerprint density at radius 2 is 2.06 bits per heavy atom. The molecule has 5 heteroatoms. The Labute approximate surface area is 101 Å². The van der Waals surface area contributed by atoms with Crippen molar-refractivity contribution >= 4 is 5.82 Å². The quantitative estimate of drug-likeness (QED) is 0.875. The number of hydrogen-bond acceptors (Lipinski definition) is 4. The van der Waals surface area contributed by atoms with Crippen molar-refractivity contribution in [1.82, 2.24) is 19.7 Å². The summed E-state index contributed by atoms with van der Waals surface area (Å²) in [6.45, 7) is 6.47. The zero-order valence-electron chi connectivity index (χ0n) is 10.3. The van der Waals surface area contributed by atoms with Gasteiger partial charge in [0.2, 0.25) is 0 Å². The lowest BCUT2D eigenvalue weighted by Gasteiger charge is -2.17. The van der Waals surface area contributed by atoms with Crippen LogP contribution in [0.5, 0.6) is 0 Å². The van der Waals surface area contributed by atoms with Crippen LogP contribution in [0.3, 0.4) is 0 Å². The molecule has 2 heterocycles. The molecule has 2 rings (SSSR count). The van der Waals surface area contributed by atoms with E-state index in [1.165, 1.54) is 0 Å². The number of anilines is 1. The number of rotatable bonds is 4. The molecule has 0 spiro atoms. The summed E-state index contributed by atoms with van der Waals surface area (Å²) < 4.78 is 1.69. The van der Waals surface area contributed by atoms with Gasteiger partial charge >= 0.3 is 0 Å². The van der Waals surface area contributed by atoms with E-state index >= 15 is 0 Å². The van der Waals surface area contributed by atoms with Crippen molar-refractivity contribution in [2.24, 2.45) is 5.92 Å². The Morgan fingerprint density at radius 3 is 2.71 bits per heavy atom. The first kappa shape index (κ1) is 11.6. The predicted octanol–water partition coefficient (Wildman–Crippen LogP) is 2.12. The molecule has 0 aromatic carbocycles. The first-order valence-corrected chi connectivity index (χ1v) is 5.75. The lowest BCUT2D eigenvalue weighted by Crippen LogP contribution is -2.22. The van der Waals surface area contributed by atoms with Crippen molar-refractivity contribution in [3.05, 3.63) is 30.9 Å². The lowest BCUT2D eigenvalue weighted by molar-refractivity contribution is 0.558. The number of nitrogens with one attached hydrogen (secondary N) is 1. The fourth-order valence-corrected chi connectivity index (χ4v) is 1.34. The molecule has 0 aliphatic heterocycles. The van der Waals surface area contributed by atoms with E-state index in [0.717, 1.165) is 11.6 Å². The predicted molar refractivity (Wildman–Crippen MR) is 67.1 cm³/mol. The largest absolute Gasteiger partial charge is 0.366 e. The monoisotopic (exact) mass is 231 g/mol. The Bertz CT molecular complexity index is 464. The summed E-state index contributed by atoms with van der Waals surface area (Å²) in [5, 5.41) is 7.46. The van der Waals surface area contributed by atoms with E-state index in [2.05, 4.69) is 41.2 Å². The molecule has 0 aliphatic carbocycles. The second kappa shape index (κ2) is 4.95. The second-order valence-corrected chi connectivity index (χ2v) is 4.39. The van der Waals surface area contributed by atoms with Crippen LogP contribution in [0, 0.1) is 5.92 Å². The van der Waals surface area contributed by atoms with Gasteiger partial charge in [-0.1, -0.05) is 13.8 Å². The minimum atomic E-state index is 0.358. The molecule has 0 aliphatic rings. The molecular formula is C12H17N5. The summed E-state index contributed by atoms with van der Waals surface area (Å²) in [7, 11) is 0. The molecule has 2 aromatic rings. The van der Waals surface area contributed by atoms with Crippen molar-refractivity contribution in [2.75, 3.05) is 5.32 Å². The highest BCUT2D eigenvalue weighted by atomic mass is 15.3. The van der Waals surface area contributed by atoms with Crippen LogP contribution in [0.25, 0.3) is 5.82 Å². The summed E-state index contributed by atoms with van der Waals surface area (Å²) in [4.78, 5) is 8.63. The zero-order chi connectivity index (χ0) is 12.3. The van der Waals surface area contributed by atoms with Gasteiger partial charge < -0.3 is 5.32 Å². The molecule has 0 fully saturated rings. The molecule has 90 valence electrons. The molecule has 2 aromatic heterocycles. The summed E-state index contributed by atoms with van der Waals surface area (Å²) in [5.41, 5.74) is 0. The topological polar surface area (TPSA) is 55.6 Å². The average molecular weight is 231 g/mol. The van der Waals surface area contributed by atoms with Gasteiger partial charge in [0.05, 0.1) is 12.4 Å². The van der Waals surface area contributed by atoms with Crippen LogP contribution in [-0.2, 0) is 0 Å². The summed E-state index contributed by atoms with van der Waals surface area (Å²) in [6, 6.07) is 2.22. The standard InChI is InChI=1S/C12H17N5/c1-9(2)10(3)15-11-7-13-8-12(16-11)17-6-4-5-14-17/h4-10H,1-3H3,(H,15,16)/t10-/m0/s1. The van der Waals surface area contributed by atoms with E-state index in [1.807, 2.05) is 12.3 Å². The second-order valence-electron chi connectivity index (χ2n) is 4.39. The summed E-state index contributed by atoms with van der Waals surface area (Å²) >= 11 is 0. The van der Waals surface area contributed by atoms with E-state index in [4.69, 9.17) is 0 Å². The number of hydrogen-bond donors (Lipinski definition) is 1. The zero-order valence-corrected chi connectivity index (χ0v) is 10.3. The van der Waals surface area contributed by atoms with Gasteiger partial charge in [0.1, 0.15) is 5.82 Å². The fraction of sp³-hybridized carbons (Fsp3) is 0.417. The van der Waals surface area contributed by atoms with Crippen molar-refractivity contribution in [1.29, 1.82) is 0 Å². The van der Waals surface area contributed by atoms with E-state index in [1.54, 1.807) is 23.3 Å². The third-order valence-corrected chi connectivity index (χ3v) is 2.74. The van der Waals surface area contributed by atoms with Crippen molar-refractivity contribution < 1.29 is 0 Å². The molecule has 0 radical (unpaired) electrons. The first-order chi connectivity index (χ1) is 8.16. The van der Waals surface area contributed by atoms with Crippen LogP contribution < -0.4 is 5.32 Å². The van der Waals surface area contributed by atoms with Gasteiger partial charge in [0.25, 0.3) is 0 Å². The molecule has 0 saturated carbocycles. The fourth-order valence-electron chi connectivity index (χ4n) is 1.34. The van der Waals surface area contributed by atoms with Crippen molar-refractivity contribution in [2.45, 2.75) is 26.8 Å². The lowest BCUT2D eigenvalue weighted by atomic mass is 10.1. The summed E-state index contributed by atoms with van der Waals surface area (Å²) in [6.07, 6.45) is 6.99. The molecular weight excluding hydrogens is 214 g/mol. The maximum absolute atomic E-state index is 4.46. The summed E-state index contributed by atoms with van der Waals surface area (Å²) in [5.74, 6) is 2.04. The molecule has 1 atom stereocenters. The van der Waals surface area contributed by atoms with Crippen LogP contribution in [0.15, 0.2) is 30.9 Å². The Balaban J connectivity index is 2.18. The van der Waals surface area contributed by atoms with Crippen molar-refractivity contribution in [3.63, 3.8) is 0 Å². The van der Waals surface area contributed by atoms with Gasteiger partial charge in [-0.15, -0.1) is 0 Å². The average Bonchev–Trinajstić information content (AvgIpc) is 2.82. The van der Waals surface area contributed by atoms with Crippen LogP contribution in [0.1, 0.15) is 20.8 Å². The molecule has 0 unspecified atom stereocenters. The maximum atomic E-state index is 4.46. The van der Waals surface area contributed by atoms with Crippen LogP contribution in [0.4, 0.5) is 5.82 Å². The Morgan fingerprint density at radius 1 is 1.24 bits per heavy atom. The maximum Gasteiger partial charge on any atom is 0.173 e. The molecule has 17 heavy (non-hydrogen) atoms. The van der Waals surface area contributed by atoms with E-state index in [-0.39, 0.29) is 0 Å². The van der Waals surface area contributed by atoms with Crippen LogP contribution >= 0.6 is 0 Å². The highest BCUT2D eigenvalue weighted by molar-refractivity contribution is 5.36. The third kappa shape index (κ3) is 2.81. The molecule has 0 bridgehead atoms. The Hall–Kier alpha value is -1.91. The van der Waals surface area contributed by atoms with Gasteiger partial charge in [-0.25, -0.2) is 9.67 Å². The number of aromatic nitrogens is 4. The van der Waals surface area contributed by atoms with Gasteiger partial charge in [-0.05, 0) is 18.9 Å². The molecule has 1 N–H and O–H groups in total. The molecule has 0 amide bonds. The van der Waals surface area contributed by atoms with Crippen molar-refractivity contribution in [3.8, 4) is 5.82 Å². The van der Waals surface area contributed by atoms with Gasteiger partial charge in [-0.3, -0.25) is 4.98 Å². The van der Waals surface area contributed by atoms with E-state index in [0.29, 0.717) is 12.0 Å². The molecule has 5 nitrogen and oxygen atoms in total. The van der Waals surface area contributed by atoms with E-state index in [9.17, 15) is 0 Å². The van der Waals surface area contributed by atoms with Gasteiger partial charge in [0, 0.05) is 18.4 Å². The third-order valence-electron chi connectivity index (χ3n) is 2.74. The van der Waals surface area contributed by atoms with Gasteiger partial charge in [0.15, 0.2) is 5.82 Å². The SMILES string of the molecule is CC(C)[C@H](C)Nc1cncc(-n2cccn2)n1. The van der Waals surface area contributed by atoms with Gasteiger partial charge in [-0.2, -0.15) is 5.10 Å². The normalized spacial score (nSPS) is 12.7. The highest BCUT2D eigenvalue weighted by Crippen LogP contribution is 2.10. The van der Waals surface area contributed by atoms with E-state index < -0.39 is 0 Å². The minimum absolute atomic E-state index is 0.358.